The first-order valence-electron chi connectivity index (χ1n) is 8.78. The second kappa shape index (κ2) is 9.13. The van der Waals surface area contributed by atoms with Gasteiger partial charge in [0.05, 0.1) is 6.42 Å². The highest BCUT2D eigenvalue weighted by atomic mass is 19.1. The third-order valence-corrected chi connectivity index (χ3v) is 4.25. The molecule has 4 nitrogen and oxygen atoms in total. The zero-order valence-electron chi connectivity index (χ0n) is 15.5. The van der Waals surface area contributed by atoms with E-state index in [1.54, 1.807) is 25.1 Å². The van der Waals surface area contributed by atoms with E-state index in [1.807, 2.05) is 38.1 Å². The van der Waals surface area contributed by atoms with Crippen molar-refractivity contribution < 1.29 is 14.0 Å². The van der Waals surface area contributed by atoms with Crippen molar-refractivity contribution in [1.29, 1.82) is 0 Å². The average Bonchev–Trinajstić information content (AvgIpc) is 2.60. The van der Waals surface area contributed by atoms with Crippen molar-refractivity contribution in [2.45, 2.75) is 39.8 Å². The van der Waals surface area contributed by atoms with Crippen LogP contribution in [-0.4, -0.2) is 29.3 Å². The quantitative estimate of drug-likeness (QED) is 0.828. The fourth-order valence-corrected chi connectivity index (χ4v) is 2.81. The lowest BCUT2D eigenvalue weighted by Gasteiger charge is -2.29. The molecule has 2 amide bonds. The summed E-state index contributed by atoms with van der Waals surface area (Å²) in [4.78, 5) is 26.6. The summed E-state index contributed by atoms with van der Waals surface area (Å²) in [5.41, 5.74) is 2.32. The number of rotatable bonds is 7. The lowest BCUT2D eigenvalue weighted by atomic mass is 10.1. The van der Waals surface area contributed by atoms with Crippen LogP contribution in [0.4, 0.5) is 4.39 Å². The highest BCUT2D eigenvalue weighted by Crippen LogP contribution is 2.15. The van der Waals surface area contributed by atoms with Gasteiger partial charge in [-0.2, -0.15) is 0 Å². The van der Waals surface area contributed by atoms with Gasteiger partial charge in [-0.15, -0.1) is 0 Å². The first kappa shape index (κ1) is 19.6. The average molecular weight is 356 g/mol. The molecule has 0 fully saturated rings. The van der Waals surface area contributed by atoms with Gasteiger partial charge in [0.25, 0.3) is 0 Å². The Morgan fingerprint density at radius 3 is 2.54 bits per heavy atom. The van der Waals surface area contributed by atoms with Crippen LogP contribution in [0.3, 0.4) is 0 Å². The van der Waals surface area contributed by atoms with Crippen molar-refractivity contribution in [2.24, 2.45) is 0 Å². The maximum atomic E-state index is 14.1. The largest absolute Gasteiger partial charge is 0.355 e. The molecule has 2 aromatic rings. The minimum atomic E-state index is -0.688. The van der Waals surface area contributed by atoms with Crippen LogP contribution in [0.5, 0.6) is 0 Å². The van der Waals surface area contributed by atoms with Crippen LogP contribution in [0.25, 0.3) is 0 Å². The van der Waals surface area contributed by atoms with E-state index in [1.165, 1.54) is 11.0 Å². The molecule has 138 valence electrons. The predicted molar refractivity (Wildman–Crippen MR) is 100.0 cm³/mol. The molecule has 1 N–H and O–H groups in total. The maximum Gasteiger partial charge on any atom is 0.242 e. The van der Waals surface area contributed by atoms with E-state index in [0.29, 0.717) is 12.1 Å². The summed E-state index contributed by atoms with van der Waals surface area (Å²) >= 11 is 0. The highest BCUT2D eigenvalue weighted by Gasteiger charge is 2.26. The van der Waals surface area contributed by atoms with Gasteiger partial charge in [0.2, 0.25) is 11.8 Å². The number of amides is 2. The van der Waals surface area contributed by atoms with Crippen LogP contribution < -0.4 is 5.32 Å². The van der Waals surface area contributed by atoms with Gasteiger partial charge in [-0.25, -0.2) is 4.39 Å². The number of hydrogen-bond acceptors (Lipinski definition) is 2. The first-order valence-corrected chi connectivity index (χ1v) is 8.78. The Morgan fingerprint density at radius 2 is 1.88 bits per heavy atom. The van der Waals surface area contributed by atoms with Crippen molar-refractivity contribution in [3.8, 4) is 0 Å². The molecule has 0 radical (unpaired) electrons. The van der Waals surface area contributed by atoms with Gasteiger partial charge < -0.3 is 10.2 Å². The molecule has 0 saturated carbocycles. The third kappa shape index (κ3) is 5.15. The van der Waals surface area contributed by atoms with E-state index >= 15 is 0 Å². The van der Waals surface area contributed by atoms with Crippen molar-refractivity contribution in [2.75, 3.05) is 6.54 Å². The number of hydrogen-bond donors (Lipinski definition) is 1. The summed E-state index contributed by atoms with van der Waals surface area (Å²) < 4.78 is 14.1. The number of nitrogens with zero attached hydrogens (tertiary/aromatic N) is 1. The molecule has 0 heterocycles. The second-order valence-electron chi connectivity index (χ2n) is 6.35. The van der Waals surface area contributed by atoms with Gasteiger partial charge in [-0.05, 0) is 32.4 Å². The lowest BCUT2D eigenvalue weighted by molar-refractivity contribution is -0.140. The summed E-state index contributed by atoms with van der Waals surface area (Å²) in [6, 6.07) is 13.3. The molecular weight excluding hydrogens is 331 g/mol. The smallest absolute Gasteiger partial charge is 0.242 e. The van der Waals surface area contributed by atoms with Crippen molar-refractivity contribution in [3.05, 3.63) is 71.0 Å². The zero-order valence-corrected chi connectivity index (χ0v) is 15.5. The maximum absolute atomic E-state index is 14.1. The molecule has 0 spiro atoms. The Balaban J connectivity index is 2.25. The fourth-order valence-electron chi connectivity index (χ4n) is 2.81. The molecule has 0 aromatic heterocycles. The number of carbonyl (C=O) groups excluding carboxylic acids is 2. The van der Waals surface area contributed by atoms with Crippen LogP contribution in [-0.2, 0) is 22.6 Å². The molecular formula is C21H25FN2O2. The molecule has 26 heavy (non-hydrogen) atoms. The fraction of sp³-hybridized carbons (Fsp3) is 0.333. The molecule has 0 unspecified atom stereocenters. The zero-order chi connectivity index (χ0) is 19.1. The third-order valence-electron chi connectivity index (χ3n) is 4.25. The Morgan fingerprint density at radius 1 is 1.15 bits per heavy atom. The van der Waals surface area contributed by atoms with Gasteiger partial charge in [0, 0.05) is 18.7 Å². The summed E-state index contributed by atoms with van der Waals surface area (Å²) in [7, 11) is 0. The van der Waals surface area contributed by atoms with E-state index in [9.17, 15) is 14.0 Å². The Kier molecular flexibility index (Phi) is 6.89. The van der Waals surface area contributed by atoms with Gasteiger partial charge in [-0.3, -0.25) is 9.59 Å². The van der Waals surface area contributed by atoms with Crippen molar-refractivity contribution in [1.82, 2.24) is 10.2 Å². The number of nitrogens with one attached hydrogen (secondary N) is 1. The lowest BCUT2D eigenvalue weighted by Crippen LogP contribution is -2.48. The SMILES string of the molecule is CCNC(=O)[C@H](C)N(Cc1ccccc1F)C(=O)Cc1cccc(C)c1. The topological polar surface area (TPSA) is 49.4 Å². The summed E-state index contributed by atoms with van der Waals surface area (Å²) in [5.74, 6) is -0.844. The normalized spacial score (nSPS) is 11.7. The van der Waals surface area contributed by atoms with Gasteiger partial charge in [-0.1, -0.05) is 48.0 Å². The number of benzene rings is 2. The van der Waals surface area contributed by atoms with E-state index in [4.69, 9.17) is 0 Å². The van der Waals surface area contributed by atoms with Crippen molar-refractivity contribution >= 4 is 11.8 Å². The Bertz CT molecular complexity index is 776. The highest BCUT2D eigenvalue weighted by molar-refractivity contribution is 5.88. The minimum Gasteiger partial charge on any atom is -0.355 e. The Labute approximate surface area is 154 Å². The molecule has 0 aliphatic rings. The van der Waals surface area contributed by atoms with Crippen LogP contribution in [0.15, 0.2) is 48.5 Å². The van der Waals surface area contributed by atoms with Crippen LogP contribution in [0, 0.1) is 12.7 Å². The van der Waals surface area contributed by atoms with Crippen LogP contribution >= 0.6 is 0 Å². The minimum absolute atomic E-state index is 0.0512. The van der Waals surface area contributed by atoms with E-state index in [2.05, 4.69) is 5.32 Å². The second-order valence-corrected chi connectivity index (χ2v) is 6.35. The number of halogens is 1. The van der Waals surface area contributed by atoms with Gasteiger partial charge >= 0.3 is 0 Å². The van der Waals surface area contributed by atoms with Gasteiger partial charge in [0.15, 0.2) is 0 Å². The molecule has 0 aliphatic carbocycles. The van der Waals surface area contributed by atoms with Gasteiger partial charge in [0.1, 0.15) is 11.9 Å². The number of carbonyl (C=O) groups is 2. The summed E-state index contributed by atoms with van der Waals surface area (Å²) in [5, 5.41) is 2.73. The first-order chi connectivity index (χ1) is 12.4. The molecule has 2 rings (SSSR count). The van der Waals surface area contributed by atoms with E-state index < -0.39 is 6.04 Å². The van der Waals surface area contributed by atoms with Crippen LogP contribution in [0.1, 0.15) is 30.5 Å². The molecule has 2 aromatic carbocycles. The molecule has 0 saturated heterocycles. The standard InChI is InChI=1S/C21H25FN2O2/c1-4-23-21(26)16(3)24(14-18-10-5-6-11-19(18)22)20(25)13-17-9-7-8-15(2)12-17/h5-12,16H,4,13-14H2,1-3H3,(H,23,26)/t16-/m0/s1. The molecule has 5 heteroatoms. The Hall–Kier alpha value is -2.69. The monoisotopic (exact) mass is 356 g/mol. The van der Waals surface area contributed by atoms with Crippen LogP contribution in [0.2, 0.25) is 0 Å². The molecule has 0 bridgehead atoms. The number of aryl methyl sites for hydroxylation is 1. The van der Waals surface area contributed by atoms with E-state index in [-0.39, 0.29) is 30.6 Å². The predicted octanol–water partition coefficient (Wildman–Crippen LogP) is 3.23. The van der Waals surface area contributed by atoms with E-state index in [0.717, 1.165) is 11.1 Å². The molecule has 0 aliphatic heterocycles. The number of likely N-dealkylation sites (N-methyl/N-ethyl adjacent to an activating group) is 1. The summed E-state index contributed by atoms with van der Waals surface area (Å²) in [6.07, 6.45) is 0.167. The summed E-state index contributed by atoms with van der Waals surface area (Å²) in [6.45, 7) is 5.97. The molecule has 1 atom stereocenters. The van der Waals surface area contributed by atoms with Crippen molar-refractivity contribution in [3.63, 3.8) is 0 Å².